The van der Waals surface area contributed by atoms with Crippen molar-refractivity contribution < 1.29 is 31.1 Å². The fourth-order valence-corrected chi connectivity index (χ4v) is 6.46. The van der Waals surface area contributed by atoms with E-state index >= 15 is 0 Å². The van der Waals surface area contributed by atoms with Gasteiger partial charge in [0, 0.05) is 31.9 Å². The second-order valence-electron chi connectivity index (χ2n) is 10.2. The molecule has 0 saturated carbocycles. The van der Waals surface area contributed by atoms with Crippen molar-refractivity contribution in [2.24, 2.45) is 0 Å². The Kier molecular flexibility index (Phi) is 9.48. The molecule has 4 aromatic rings. The van der Waals surface area contributed by atoms with Crippen molar-refractivity contribution in [1.29, 1.82) is 0 Å². The Labute approximate surface area is 258 Å². The van der Waals surface area contributed by atoms with Crippen LogP contribution in [0.25, 0.3) is 0 Å². The van der Waals surface area contributed by atoms with Gasteiger partial charge in [-0.15, -0.1) is 0 Å². The summed E-state index contributed by atoms with van der Waals surface area (Å²) in [7, 11) is -4.25. The van der Waals surface area contributed by atoms with Crippen molar-refractivity contribution in [3.05, 3.63) is 125 Å². The van der Waals surface area contributed by atoms with E-state index in [9.17, 15) is 26.4 Å². The molecule has 12 heteroatoms. The standard InChI is InChI=1S/C32H29ClF3N3O4S/c33-28-21-27(44(41,42)37-26-13-7-12-25(20-26)32(34,35)36)14-15-29(28)43-22-30(40)38-16-18-39(19-17-38)31(23-8-3-1-4-9-23)24-10-5-2-6-11-24/h1-15,20-21,31,37H,16-19,22H2. The smallest absolute Gasteiger partial charge is 0.416 e. The Morgan fingerprint density at radius 3 is 2.02 bits per heavy atom. The maximum absolute atomic E-state index is 13.0. The number of halogens is 4. The summed E-state index contributed by atoms with van der Waals surface area (Å²) in [5.41, 5.74) is 1.11. The van der Waals surface area contributed by atoms with Crippen molar-refractivity contribution in [1.82, 2.24) is 9.80 Å². The molecule has 1 saturated heterocycles. The fourth-order valence-electron chi connectivity index (χ4n) is 5.08. The average molecular weight is 644 g/mol. The second-order valence-corrected chi connectivity index (χ2v) is 12.3. The van der Waals surface area contributed by atoms with Crippen LogP contribution in [0.3, 0.4) is 0 Å². The van der Waals surface area contributed by atoms with Gasteiger partial charge < -0.3 is 9.64 Å². The highest BCUT2D eigenvalue weighted by Gasteiger charge is 2.31. The van der Waals surface area contributed by atoms with Gasteiger partial charge in [-0.25, -0.2) is 8.42 Å². The highest BCUT2D eigenvalue weighted by molar-refractivity contribution is 7.92. The van der Waals surface area contributed by atoms with Gasteiger partial charge in [0.05, 0.1) is 21.5 Å². The van der Waals surface area contributed by atoms with Crippen LogP contribution in [0.4, 0.5) is 18.9 Å². The molecule has 1 aliphatic rings. The summed E-state index contributed by atoms with van der Waals surface area (Å²) >= 11 is 6.27. The van der Waals surface area contributed by atoms with Gasteiger partial charge in [0.2, 0.25) is 0 Å². The first kappa shape index (κ1) is 31.4. The van der Waals surface area contributed by atoms with Crippen molar-refractivity contribution in [3.63, 3.8) is 0 Å². The molecule has 0 radical (unpaired) electrons. The number of sulfonamides is 1. The number of amides is 1. The lowest BCUT2D eigenvalue weighted by atomic mass is 9.96. The number of hydrogen-bond acceptors (Lipinski definition) is 5. The van der Waals surface area contributed by atoms with E-state index in [-0.39, 0.29) is 39.9 Å². The number of carbonyl (C=O) groups is 1. The summed E-state index contributed by atoms with van der Waals surface area (Å²) in [4.78, 5) is 16.8. The number of anilines is 1. The van der Waals surface area contributed by atoms with Crippen molar-refractivity contribution in [3.8, 4) is 5.75 Å². The fraction of sp³-hybridized carbons (Fsp3) is 0.219. The molecule has 230 valence electrons. The number of piperazine rings is 1. The van der Waals surface area contributed by atoms with Crippen molar-refractivity contribution in [2.75, 3.05) is 37.5 Å². The van der Waals surface area contributed by atoms with Crippen molar-refractivity contribution in [2.45, 2.75) is 17.1 Å². The molecule has 4 aromatic carbocycles. The van der Waals surface area contributed by atoms with E-state index < -0.39 is 21.8 Å². The van der Waals surface area contributed by atoms with E-state index in [1.54, 1.807) is 4.90 Å². The molecule has 1 aliphatic heterocycles. The van der Waals surface area contributed by atoms with E-state index in [1.807, 2.05) is 36.4 Å². The van der Waals surface area contributed by atoms with Gasteiger partial charge >= 0.3 is 6.18 Å². The number of carbonyl (C=O) groups excluding carboxylic acids is 1. The van der Waals surface area contributed by atoms with Gasteiger partial charge in [0.25, 0.3) is 15.9 Å². The molecule has 0 aromatic heterocycles. The summed E-state index contributed by atoms with van der Waals surface area (Å²) in [6.45, 7) is 2.03. The number of nitrogens with zero attached hydrogens (tertiary/aromatic N) is 2. The van der Waals surface area contributed by atoms with Crippen LogP contribution in [0.2, 0.25) is 5.02 Å². The zero-order valence-corrected chi connectivity index (χ0v) is 24.9. The molecule has 1 heterocycles. The summed E-state index contributed by atoms with van der Waals surface area (Å²) in [6, 6.07) is 28.0. The van der Waals surface area contributed by atoms with E-state index in [1.165, 1.54) is 29.3 Å². The maximum Gasteiger partial charge on any atom is 0.416 e. The second kappa shape index (κ2) is 13.3. The molecule has 0 aliphatic carbocycles. The van der Waals surface area contributed by atoms with Gasteiger partial charge in [0.1, 0.15) is 5.75 Å². The number of benzene rings is 4. The van der Waals surface area contributed by atoms with Crippen LogP contribution >= 0.6 is 11.6 Å². The number of alkyl halides is 3. The van der Waals surface area contributed by atoms with E-state index in [0.29, 0.717) is 32.2 Å². The van der Waals surface area contributed by atoms with Crippen LogP contribution in [0.5, 0.6) is 5.75 Å². The SMILES string of the molecule is O=C(COc1ccc(S(=O)(=O)Nc2cccc(C(F)(F)F)c2)cc1Cl)N1CCN(C(c2ccccc2)c2ccccc2)CC1. The molecular formula is C32H29ClF3N3O4S. The summed E-state index contributed by atoms with van der Waals surface area (Å²) in [5.74, 6) is -0.135. The Morgan fingerprint density at radius 2 is 1.45 bits per heavy atom. The third-order valence-electron chi connectivity index (χ3n) is 7.27. The number of rotatable bonds is 9. The largest absolute Gasteiger partial charge is 0.482 e. The molecule has 7 nitrogen and oxygen atoms in total. The first-order valence-corrected chi connectivity index (χ1v) is 15.6. The molecule has 5 rings (SSSR count). The molecule has 44 heavy (non-hydrogen) atoms. The van der Waals surface area contributed by atoms with Crippen LogP contribution in [-0.2, 0) is 21.0 Å². The average Bonchev–Trinajstić information content (AvgIpc) is 3.01. The highest BCUT2D eigenvalue weighted by Crippen LogP contribution is 2.33. The molecule has 0 spiro atoms. The van der Waals surface area contributed by atoms with E-state index in [2.05, 4.69) is 33.9 Å². The zero-order valence-electron chi connectivity index (χ0n) is 23.4. The molecule has 0 atom stereocenters. The third-order valence-corrected chi connectivity index (χ3v) is 8.94. The Bertz CT molecular complexity index is 1660. The molecule has 0 unspecified atom stereocenters. The molecule has 0 bridgehead atoms. The number of hydrogen-bond donors (Lipinski definition) is 1. The van der Waals surface area contributed by atoms with Gasteiger partial charge in [-0.05, 0) is 47.5 Å². The van der Waals surface area contributed by atoms with Crippen molar-refractivity contribution >= 4 is 33.2 Å². The van der Waals surface area contributed by atoms with Crippen LogP contribution in [0, 0.1) is 0 Å². The topological polar surface area (TPSA) is 78.9 Å². The maximum atomic E-state index is 13.0. The first-order chi connectivity index (χ1) is 21.0. The monoisotopic (exact) mass is 643 g/mol. The molecular weight excluding hydrogens is 615 g/mol. The number of nitrogens with one attached hydrogen (secondary N) is 1. The van der Waals surface area contributed by atoms with E-state index in [4.69, 9.17) is 16.3 Å². The van der Waals surface area contributed by atoms with Gasteiger partial charge in [-0.3, -0.25) is 14.4 Å². The molecule has 1 N–H and O–H groups in total. The minimum absolute atomic E-state index is 0.0579. The van der Waals surface area contributed by atoms with Gasteiger partial charge in [0.15, 0.2) is 6.61 Å². The lowest BCUT2D eigenvalue weighted by molar-refractivity contribution is -0.137. The minimum atomic E-state index is -4.62. The summed E-state index contributed by atoms with van der Waals surface area (Å²) in [5, 5.41) is -0.0666. The zero-order chi connectivity index (χ0) is 31.3. The lowest BCUT2D eigenvalue weighted by Crippen LogP contribution is -2.51. The molecule has 1 fully saturated rings. The molecule has 1 amide bonds. The highest BCUT2D eigenvalue weighted by atomic mass is 35.5. The Hall–Kier alpha value is -4.06. The Morgan fingerprint density at radius 1 is 0.841 bits per heavy atom. The Balaban J connectivity index is 1.18. The lowest BCUT2D eigenvalue weighted by Gasteiger charge is -2.39. The predicted molar refractivity (Wildman–Crippen MR) is 162 cm³/mol. The first-order valence-electron chi connectivity index (χ1n) is 13.8. The number of ether oxygens (including phenoxy) is 1. The predicted octanol–water partition coefficient (Wildman–Crippen LogP) is 6.47. The normalized spacial score (nSPS) is 14.4. The third kappa shape index (κ3) is 7.53. The minimum Gasteiger partial charge on any atom is -0.482 e. The van der Waals surface area contributed by atoms with E-state index in [0.717, 1.165) is 18.2 Å². The van der Waals surface area contributed by atoms with Crippen LogP contribution in [0.1, 0.15) is 22.7 Å². The quantitative estimate of drug-likeness (QED) is 0.226. The summed E-state index contributed by atoms with van der Waals surface area (Å²) < 4.78 is 72.4. The van der Waals surface area contributed by atoms with Gasteiger partial charge in [-0.2, -0.15) is 13.2 Å². The van der Waals surface area contributed by atoms with Crippen LogP contribution in [-0.4, -0.2) is 56.9 Å². The van der Waals surface area contributed by atoms with Gasteiger partial charge in [-0.1, -0.05) is 78.3 Å². The summed E-state index contributed by atoms with van der Waals surface area (Å²) in [6.07, 6.45) is -4.62. The van der Waals surface area contributed by atoms with Crippen LogP contribution < -0.4 is 9.46 Å². The van der Waals surface area contributed by atoms with Crippen LogP contribution in [0.15, 0.2) is 108 Å².